The summed E-state index contributed by atoms with van der Waals surface area (Å²) in [4.78, 5) is 15.3. The van der Waals surface area contributed by atoms with Gasteiger partial charge in [-0.05, 0) is 52.0 Å². The first-order valence-corrected chi connectivity index (χ1v) is 11.4. The van der Waals surface area contributed by atoms with Crippen molar-refractivity contribution in [1.29, 1.82) is 0 Å². The molecule has 2 aliphatic heterocycles. The lowest BCUT2D eigenvalue weighted by molar-refractivity contribution is 0.0216. The number of β-amino-alcohol motifs (C(OH)–C–C–N with tert-alkyl or cyclic N) is 1. The summed E-state index contributed by atoms with van der Waals surface area (Å²) in [6, 6.07) is 1.55. The molecule has 0 radical (unpaired) electrons. The largest absolute Gasteiger partial charge is 0.491 e. The van der Waals surface area contributed by atoms with Crippen LogP contribution in [0.15, 0.2) is 6.07 Å². The number of amides is 1. The van der Waals surface area contributed by atoms with Crippen LogP contribution >= 0.6 is 11.6 Å². The Bertz CT molecular complexity index is 748. The fourth-order valence-electron chi connectivity index (χ4n) is 4.08. The smallest absolute Gasteiger partial charge is 0.255 e. The number of nitrogens with zero attached hydrogens (tertiary/aromatic N) is 1. The average molecular weight is 456 g/mol. The summed E-state index contributed by atoms with van der Waals surface area (Å²) in [6.45, 7) is 4.88. The number of fused-ring (bicyclic) bond motifs is 1. The lowest BCUT2D eigenvalue weighted by atomic mass is 9.93. The van der Waals surface area contributed by atoms with Crippen molar-refractivity contribution in [3.8, 4) is 17.2 Å². The van der Waals surface area contributed by atoms with Crippen LogP contribution in [0.4, 0.5) is 0 Å². The molecule has 2 atom stereocenters. The Labute approximate surface area is 189 Å². The maximum atomic E-state index is 13.0. The summed E-state index contributed by atoms with van der Waals surface area (Å²) in [5.41, 5.74) is 0.319. The lowest BCUT2D eigenvalue weighted by Gasteiger charge is -2.36. The zero-order chi connectivity index (χ0) is 22.2. The molecule has 174 valence electrons. The van der Waals surface area contributed by atoms with Gasteiger partial charge in [-0.3, -0.25) is 4.79 Å². The Kier molecular flexibility index (Phi) is 9.07. The van der Waals surface area contributed by atoms with Gasteiger partial charge in [-0.25, -0.2) is 0 Å². The van der Waals surface area contributed by atoms with Crippen molar-refractivity contribution < 1.29 is 24.1 Å². The number of carbonyl (C=O) groups excluding carboxylic acids is 1. The summed E-state index contributed by atoms with van der Waals surface area (Å²) in [5.74, 6) is 0.806. The standard InChI is InChI=1S/C22H34ClN3O5/c1-24-7-3-4-8-26-9-6-15(18(27)14-26)13-25-22(28)16-12-17(23)20(29-2)21-19(16)30-10-5-11-31-21/h12,15,18,24,27H,3-11,13-14H2,1-2H3,(H,25,28)/t15-,18?/m0/s1. The first-order chi connectivity index (χ1) is 15.0. The molecule has 0 bridgehead atoms. The minimum absolute atomic E-state index is 0.0157. The highest BCUT2D eigenvalue weighted by molar-refractivity contribution is 6.33. The number of rotatable bonds is 9. The molecule has 2 heterocycles. The topological polar surface area (TPSA) is 92.3 Å². The Morgan fingerprint density at radius 2 is 2.10 bits per heavy atom. The number of halogens is 1. The second kappa shape index (κ2) is 11.8. The molecule has 0 aliphatic carbocycles. The van der Waals surface area contributed by atoms with Crippen LogP contribution in [0.1, 0.15) is 36.0 Å². The third-order valence-corrected chi connectivity index (χ3v) is 6.14. The Morgan fingerprint density at radius 1 is 1.32 bits per heavy atom. The van der Waals surface area contributed by atoms with Crippen molar-refractivity contribution in [2.45, 2.75) is 31.8 Å². The maximum Gasteiger partial charge on any atom is 0.255 e. The average Bonchev–Trinajstić information content (AvgIpc) is 3.01. The number of aliphatic hydroxyl groups excluding tert-OH is 1. The number of hydrogen-bond acceptors (Lipinski definition) is 7. The van der Waals surface area contributed by atoms with Crippen LogP contribution in [0, 0.1) is 5.92 Å². The predicted octanol–water partition coefficient (Wildman–Crippen LogP) is 1.92. The third kappa shape index (κ3) is 6.16. The number of unbranched alkanes of at least 4 members (excludes halogenated alkanes) is 1. The molecule has 1 saturated heterocycles. The highest BCUT2D eigenvalue weighted by Crippen LogP contribution is 2.46. The van der Waals surface area contributed by atoms with E-state index in [-0.39, 0.29) is 11.8 Å². The Balaban J connectivity index is 1.58. The van der Waals surface area contributed by atoms with E-state index < -0.39 is 6.10 Å². The molecular weight excluding hydrogens is 422 g/mol. The van der Waals surface area contributed by atoms with Crippen LogP contribution in [0.5, 0.6) is 17.2 Å². The minimum atomic E-state index is -0.463. The molecule has 1 unspecified atom stereocenters. The van der Waals surface area contributed by atoms with E-state index in [1.165, 1.54) is 7.11 Å². The third-order valence-electron chi connectivity index (χ3n) is 5.86. The molecule has 2 aliphatic rings. The van der Waals surface area contributed by atoms with Gasteiger partial charge in [0.05, 0.1) is 37.0 Å². The highest BCUT2D eigenvalue weighted by Gasteiger charge is 2.30. The molecule has 0 saturated carbocycles. The molecule has 8 nitrogen and oxygen atoms in total. The van der Waals surface area contributed by atoms with E-state index >= 15 is 0 Å². The summed E-state index contributed by atoms with van der Waals surface area (Å²) in [7, 11) is 3.46. The molecule has 1 aromatic carbocycles. The summed E-state index contributed by atoms with van der Waals surface area (Å²) < 4.78 is 16.9. The predicted molar refractivity (Wildman–Crippen MR) is 120 cm³/mol. The quantitative estimate of drug-likeness (QED) is 0.490. The minimum Gasteiger partial charge on any atom is -0.491 e. The second-order valence-corrected chi connectivity index (χ2v) is 8.49. The van der Waals surface area contributed by atoms with Gasteiger partial charge in [0.1, 0.15) is 0 Å². The van der Waals surface area contributed by atoms with E-state index in [0.717, 1.165) is 38.9 Å². The van der Waals surface area contributed by atoms with Crippen molar-refractivity contribution in [3.05, 3.63) is 16.7 Å². The van der Waals surface area contributed by atoms with Crippen molar-refractivity contribution in [2.75, 3.05) is 60.1 Å². The van der Waals surface area contributed by atoms with Crippen LogP contribution in [0.2, 0.25) is 5.02 Å². The van der Waals surface area contributed by atoms with E-state index in [2.05, 4.69) is 15.5 Å². The summed E-state index contributed by atoms with van der Waals surface area (Å²) in [6.07, 6.45) is 3.32. The summed E-state index contributed by atoms with van der Waals surface area (Å²) >= 11 is 6.32. The number of ether oxygens (including phenoxy) is 3. The second-order valence-electron chi connectivity index (χ2n) is 8.09. The Morgan fingerprint density at radius 3 is 2.81 bits per heavy atom. The summed E-state index contributed by atoms with van der Waals surface area (Å²) in [5, 5.41) is 17.0. The van der Waals surface area contributed by atoms with Gasteiger partial charge in [-0.15, -0.1) is 0 Å². The van der Waals surface area contributed by atoms with Crippen molar-refractivity contribution in [1.82, 2.24) is 15.5 Å². The molecule has 1 amide bonds. The fraction of sp³-hybridized carbons (Fsp3) is 0.682. The van der Waals surface area contributed by atoms with Gasteiger partial charge in [0.25, 0.3) is 5.91 Å². The number of nitrogens with one attached hydrogen (secondary N) is 2. The molecule has 0 spiro atoms. The molecule has 31 heavy (non-hydrogen) atoms. The zero-order valence-electron chi connectivity index (χ0n) is 18.4. The van der Waals surface area contributed by atoms with Crippen LogP contribution in [0.3, 0.4) is 0 Å². The SMILES string of the molecule is CNCCCCN1CC[C@@H](CNC(=O)c2cc(Cl)c(OC)c3c2OCCCO3)C(O)C1. The highest BCUT2D eigenvalue weighted by atomic mass is 35.5. The van der Waals surface area contributed by atoms with E-state index in [4.69, 9.17) is 25.8 Å². The maximum absolute atomic E-state index is 13.0. The normalized spacial score (nSPS) is 21.4. The van der Waals surface area contributed by atoms with E-state index in [0.29, 0.717) is 60.6 Å². The van der Waals surface area contributed by atoms with E-state index in [9.17, 15) is 9.90 Å². The molecule has 3 N–H and O–H groups in total. The first-order valence-electron chi connectivity index (χ1n) is 11.0. The van der Waals surface area contributed by atoms with E-state index in [1.54, 1.807) is 6.07 Å². The van der Waals surface area contributed by atoms with Crippen LogP contribution in [-0.2, 0) is 0 Å². The molecule has 1 fully saturated rings. The fourth-order valence-corrected chi connectivity index (χ4v) is 4.35. The lowest BCUT2D eigenvalue weighted by Crippen LogP contribution is -2.47. The number of benzene rings is 1. The number of aliphatic hydroxyl groups is 1. The van der Waals surface area contributed by atoms with Gasteiger partial charge in [0, 0.05) is 25.4 Å². The number of hydrogen-bond donors (Lipinski definition) is 3. The number of carbonyl (C=O) groups is 1. The molecule has 3 rings (SSSR count). The van der Waals surface area contributed by atoms with Gasteiger partial charge < -0.3 is 34.9 Å². The number of piperidine rings is 1. The molecular formula is C22H34ClN3O5. The van der Waals surface area contributed by atoms with Gasteiger partial charge in [0.2, 0.25) is 5.75 Å². The van der Waals surface area contributed by atoms with Gasteiger partial charge in [-0.2, -0.15) is 0 Å². The number of methoxy groups -OCH3 is 1. The Hall–Kier alpha value is -1.74. The molecule has 1 aromatic rings. The zero-order valence-corrected chi connectivity index (χ0v) is 19.2. The van der Waals surface area contributed by atoms with Crippen molar-refractivity contribution in [3.63, 3.8) is 0 Å². The monoisotopic (exact) mass is 455 g/mol. The van der Waals surface area contributed by atoms with Crippen molar-refractivity contribution in [2.24, 2.45) is 5.92 Å². The van der Waals surface area contributed by atoms with E-state index in [1.807, 2.05) is 7.05 Å². The van der Waals surface area contributed by atoms with Crippen molar-refractivity contribution >= 4 is 17.5 Å². The van der Waals surface area contributed by atoms with Gasteiger partial charge in [-0.1, -0.05) is 11.6 Å². The molecule has 0 aromatic heterocycles. The van der Waals surface area contributed by atoms with Crippen LogP contribution in [0.25, 0.3) is 0 Å². The van der Waals surface area contributed by atoms with Crippen LogP contribution in [-0.4, -0.2) is 82.1 Å². The number of likely N-dealkylation sites (tertiary alicyclic amines) is 1. The molecule has 9 heteroatoms. The van der Waals surface area contributed by atoms with Gasteiger partial charge in [0.15, 0.2) is 11.5 Å². The van der Waals surface area contributed by atoms with Crippen LogP contribution < -0.4 is 24.8 Å². The first kappa shape index (κ1) is 23.9. The van der Waals surface area contributed by atoms with Gasteiger partial charge >= 0.3 is 0 Å².